The Labute approximate surface area is 108 Å². The standard InChI is InChI=1S/C11H19N3O3S/c1-11(2,8-15)14(4)18(16,17)9-5-6-10(12-3)13-7-9/h5-7,15H,8H2,1-4H3,(H,12,13). The van der Waals surface area contributed by atoms with Crippen LogP contribution in [0.4, 0.5) is 5.82 Å². The normalized spacial score (nSPS) is 12.8. The number of rotatable bonds is 5. The number of aromatic nitrogens is 1. The van der Waals surface area contributed by atoms with Crippen LogP contribution in [0.25, 0.3) is 0 Å². The van der Waals surface area contributed by atoms with E-state index in [2.05, 4.69) is 10.3 Å². The highest BCUT2D eigenvalue weighted by molar-refractivity contribution is 7.89. The molecule has 0 aromatic carbocycles. The van der Waals surface area contributed by atoms with Gasteiger partial charge in [-0.15, -0.1) is 0 Å². The molecule has 2 N–H and O–H groups in total. The molecule has 0 fully saturated rings. The van der Waals surface area contributed by atoms with Crippen molar-refractivity contribution >= 4 is 15.8 Å². The number of likely N-dealkylation sites (N-methyl/N-ethyl adjacent to an activating group) is 1. The fourth-order valence-electron chi connectivity index (χ4n) is 1.26. The van der Waals surface area contributed by atoms with E-state index in [0.717, 1.165) is 4.31 Å². The van der Waals surface area contributed by atoms with Gasteiger partial charge in [0.15, 0.2) is 0 Å². The fraction of sp³-hybridized carbons (Fsp3) is 0.545. The zero-order valence-electron chi connectivity index (χ0n) is 11.0. The lowest BCUT2D eigenvalue weighted by atomic mass is 10.1. The summed E-state index contributed by atoms with van der Waals surface area (Å²) in [7, 11) is -0.503. The predicted octanol–water partition coefficient (Wildman–Crippen LogP) is 0.515. The minimum Gasteiger partial charge on any atom is -0.394 e. The van der Waals surface area contributed by atoms with Crippen LogP contribution in [0.1, 0.15) is 13.8 Å². The number of anilines is 1. The van der Waals surface area contributed by atoms with Crippen molar-refractivity contribution in [1.29, 1.82) is 0 Å². The number of aliphatic hydroxyl groups excluding tert-OH is 1. The van der Waals surface area contributed by atoms with E-state index in [1.165, 1.54) is 19.3 Å². The molecule has 0 amide bonds. The molecule has 1 aromatic heterocycles. The van der Waals surface area contributed by atoms with Crippen LogP contribution in [0.2, 0.25) is 0 Å². The van der Waals surface area contributed by atoms with Gasteiger partial charge in [-0.25, -0.2) is 13.4 Å². The summed E-state index contributed by atoms with van der Waals surface area (Å²) in [6.07, 6.45) is 1.30. The van der Waals surface area contributed by atoms with E-state index in [-0.39, 0.29) is 11.5 Å². The molecule has 0 unspecified atom stereocenters. The third kappa shape index (κ3) is 2.80. The van der Waals surface area contributed by atoms with Gasteiger partial charge >= 0.3 is 0 Å². The van der Waals surface area contributed by atoms with Gasteiger partial charge in [0, 0.05) is 20.3 Å². The monoisotopic (exact) mass is 273 g/mol. The van der Waals surface area contributed by atoms with Gasteiger partial charge in [0.25, 0.3) is 0 Å². The Balaban J connectivity index is 3.13. The number of sulfonamides is 1. The Morgan fingerprint density at radius 2 is 2.06 bits per heavy atom. The second-order valence-corrected chi connectivity index (χ2v) is 6.54. The van der Waals surface area contributed by atoms with Gasteiger partial charge in [-0.3, -0.25) is 0 Å². The molecule has 1 rings (SSSR count). The molecule has 0 bridgehead atoms. The van der Waals surface area contributed by atoms with Crippen molar-refractivity contribution in [3.05, 3.63) is 18.3 Å². The first-order chi connectivity index (χ1) is 8.25. The lowest BCUT2D eigenvalue weighted by molar-refractivity contribution is 0.138. The molecule has 102 valence electrons. The minimum atomic E-state index is -3.65. The van der Waals surface area contributed by atoms with E-state index in [0.29, 0.717) is 5.82 Å². The first-order valence-corrected chi connectivity index (χ1v) is 6.93. The Hall–Kier alpha value is -1.18. The molecule has 6 nitrogen and oxygen atoms in total. The number of hydrogen-bond donors (Lipinski definition) is 2. The van der Waals surface area contributed by atoms with Crippen LogP contribution in [0.3, 0.4) is 0 Å². The maximum Gasteiger partial charge on any atom is 0.244 e. The van der Waals surface area contributed by atoms with Crippen LogP contribution < -0.4 is 5.32 Å². The number of nitrogens with one attached hydrogen (secondary N) is 1. The Morgan fingerprint density at radius 1 is 1.44 bits per heavy atom. The van der Waals surface area contributed by atoms with E-state index >= 15 is 0 Å². The average Bonchev–Trinajstić information content (AvgIpc) is 2.37. The topological polar surface area (TPSA) is 82.5 Å². The number of hydrogen-bond acceptors (Lipinski definition) is 5. The minimum absolute atomic E-state index is 0.102. The SMILES string of the molecule is CNc1ccc(S(=O)(=O)N(C)C(C)(C)CO)cn1. The number of aliphatic hydroxyl groups is 1. The molecule has 7 heteroatoms. The quantitative estimate of drug-likeness (QED) is 0.817. The van der Waals surface area contributed by atoms with Crippen LogP contribution in [0.5, 0.6) is 0 Å². The third-order valence-corrected chi connectivity index (χ3v) is 4.94. The van der Waals surface area contributed by atoms with Crippen molar-refractivity contribution in [2.45, 2.75) is 24.3 Å². The molecule has 0 saturated carbocycles. The van der Waals surface area contributed by atoms with Gasteiger partial charge in [0.1, 0.15) is 10.7 Å². The molecule has 0 radical (unpaired) electrons. The highest BCUT2D eigenvalue weighted by Gasteiger charge is 2.33. The van der Waals surface area contributed by atoms with E-state index < -0.39 is 15.6 Å². The predicted molar refractivity (Wildman–Crippen MR) is 69.9 cm³/mol. The van der Waals surface area contributed by atoms with Crippen LogP contribution in [0, 0.1) is 0 Å². The summed E-state index contributed by atoms with van der Waals surface area (Å²) in [4.78, 5) is 4.08. The largest absolute Gasteiger partial charge is 0.394 e. The molecule has 0 aliphatic carbocycles. The summed E-state index contributed by atoms with van der Waals surface area (Å²) < 4.78 is 25.7. The Bertz CT molecular complexity index is 497. The molecule has 1 heterocycles. The van der Waals surface area contributed by atoms with Gasteiger partial charge in [0.2, 0.25) is 10.0 Å². The van der Waals surface area contributed by atoms with Crippen molar-refractivity contribution in [3.63, 3.8) is 0 Å². The summed E-state index contributed by atoms with van der Waals surface area (Å²) >= 11 is 0. The molecule has 0 spiro atoms. The van der Waals surface area contributed by atoms with Crippen LogP contribution in [-0.2, 0) is 10.0 Å². The van der Waals surface area contributed by atoms with Gasteiger partial charge in [-0.2, -0.15) is 4.31 Å². The van der Waals surface area contributed by atoms with Crippen LogP contribution in [0.15, 0.2) is 23.2 Å². The molecule has 18 heavy (non-hydrogen) atoms. The lowest BCUT2D eigenvalue weighted by Crippen LogP contribution is -2.47. The Kier molecular flexibility index (Phi) is 4.31. The summed E-state index contributed by atoms with van der Waals surface area (Å²) in [6.45, 7) is 3.05. The van der Waals surface area contributed by atoms with Crippen LogP contribution in [-0.4, -0.2) is 49.1 Å². The summed E-state index contributed by atoms with van der Waals surface area (Å²) in [5.41, 5.74) is -0.861. The maximum absolute atomic E-state index is 12.3. The molecular weight excluding hydrogens is 254 g/mol. The number of nitrogens with zero attached hydrogens (tertiary/aromatic N) is 2. The van der Waals surface area contributed by atoms with Crippen molar-refractivity contribution in [2.75, 3.05) is 26.0 Å². The fourth-order valence-corrected chi connectivity index (χ4v) is 2.71. The second-order valence-electron chi connectivity index (χ2n) is 4.57. The van der Waals surface area contributed by atoms with Gasteiger partial charge in [-0.05, 0) is 26.0 Å². The smallest absolute Gasteiger partial charge is 0.244 e. The average molecular weight is 273 g/mol. The molecular formula is C11H19N3O3S. The molecule has 0 aliphatic heterocycles. The van der Waals surface area contributed by atoms with Crippen molar-refractivity contribution in [2.24, 2.45) is 0 Å². The van der Waals surface area contributed by atoms with Crippen molar-refractivity contribution < 1.29 is 13.5 Å². The Morgan fingerprint density at radius 3 is 2.44 bits per heavy atom. The zero-order chi connectivity index (χ0) is 14.0. The van der Waals surface area contributed by atoms with Gasteiger partial charge in [-0.1, -0.05) is 0 Å². The third-order valence-electron chi connectivity index (χ3n) is 2.89. The maximum atomic E-state index is 12.3. The van der Waals surface area contributed by atoms with E-state index in [1.54, 1.807) is 27.0 Å². The highest BCUT2D eigenvalue weighted by atomic mass is 32.2. The zero-order valence-corrected chi connectivity index (χ0v) is 11.8. The second kappa shape index (κ2) is 5.21. The van der Waals surface area contributed by atoms with E-state index in [4.69, 9.17) is 0 Å². The first kappa shape index (κ1) is 14.9. The highest BCUT2D eigenvalue weighted by Crippen LogP contribution is 2.22. The van der Waals surface area contributed by atoms with Gasteiger partial charge < -0.3 is 10.4 Å². The molecule has 0 atom stereocenters. The summed E-state index contributed by atoms with van der Waals surface area (Å²) in [5.74, 6) is 0.595. The summed E-state index contributed by atoms with van der Waals surface area (Å²) in [6, 6.07) is 3.07. The van der Waals surface area contributed by atoms with Crippen molar-refractivity contribution in [1.82, 2.24) is 9.29 Å². The van der Waals surface area contributed by atoms with E-state index in [9.17, 15) is 13.5 Å². The van der Waals surface area contributed by atoms with Crippen LogP contribution >= 0.6 is 0 Å². The van der Waals surface area contributed by atoms with Crippen molar-refractivity contribution in [3.8, 4) is 0 Å². The van der Waals surface area contributed by atoms with E-state index in [1.807, 2.05) is 0 Å². The molecule has 0 aliphatic rings. The summed E-state index contributed by atoms with van der Waals surface area (Å²) in [5, 5.41) is 12.0. The molecule has 0 saturated heterocycles. The number of pyridine rings is 1. The molecule has 1 aromatic rings. The lowest BCUT2D eigenvalue weighted by Gasteiger charge is -2.32. The van der Waals surface area contributed by atoms with Gasteiger partial charge in [0.05, 0.1) is 12.1 Å². The first-order valence-electron chi connectivity index (χ1n) is 5.49.